The van der Waals surface area contributed by atoms with Crippen LogP contribution in [0.5, 0.6) is 5.75 Å². The van der Waals surface area contributed by atoms with Crippen molar-refractivity contribution in [3.05, 3.63) is 51.9 Å². The van der Waals surface area contributed by atoms with Crippen LogP contribution in [0, 0.1) is 11.7 Å². The van der Waals surface area contributed by atoms with Gasteiger partial charge in [-0.3, -0.25) is 14.8 Å². The van der Waals surface area contributed by atoms with Crippen molar-refractivity contribution in [2.75, 3.05) is 51.3 Å². The molecule has 3 fully saturated rings. The van der Waals surface area contributed by atoms with Crippen molar-refractivity contribution in [3.63, 3.8) is 0 Å². The van der Waals surface area contributed by atoms with Crippen LogP contribution in [0.2, 0.25) is 0 Å². The van der Waals surface area contributed by atoms with E-state index in [9.17, 15) is 18.8 Å². The second kappa shape index (κ2) is 12.2. The molecule has 1 unspecified atom stereocenters. The van der Waals surface area contributed by atoms with E-state index in [2.05, 4.69) is 20.2 Å². The number of anilines is 1. The number of amides is 2. The molecule has 42 heavy (non-hydrogen) atoms. The summed E-state index contributed by atoms with van der Waals surface area (Å²) in [7, 11) is 1.35. The molecule has 222 valence electrons. The quantitative estimate of drug-likeness (QED) is 0.366. The number of methoxy groups -OCH3 is 1. The number of carbonyl (C=O) groups excluding carboxylic acids is 3. The number of aldehydes is 1. The number of thiazole rings is 1. The number of amidine groups is 1. The largest absolute Gasteiger partial charge is 0.490 e. The minimum atomic E-state index is -0.466. The van der Waals surface area contributed by atoms with E-state index in [0.717, 1.165) is 37.0 Å². The van der Waals surface area contributed by atoms with E-state index < -0.39 is 11.8 Å². The lowest BCUT2D eigenvalue weighted by Crippen LogP contribution is -2.53. The van der Waals surface area contributed by atoms with Gasteiger partial charge in [-0.15, -0.1) is 11.3 Å². The summed E-state index contributed by atoms with van der Waals surface area (Å²) in [6.07, 6.45) is 5.64. The third-order valence-corrected chi connectivity index (χ3v) is 9.08. The second-order valence-electron chi connectivity index (χ2n) is 11.0. The summed E-state index contributed by atoms with van der Waals surface area (Å²) < 4.78 is 25.8. The van der Waals surface area contributed by atoms with Crippen LogP contribution in [0.25, 0.3) is 0 Å². The lowest BCUT2D eigenvalue weighted by molar-refractivity contribution is -0.136. The van der Waals surface area contributed by atoms with Crippen LogP contribution in [0.15, 0.2) is 46.0 Å². The maximum atomic E-state index is 14.7. The maximum Gasteiger partial charge on any atom is 0.337 e. The monoisotopic (exact) mass is 596 g/mol. The lowest BCUT2D eigenvalue weighted by Gasteiger charge is -2.37. The molecule has 11 nitrogen and oxygen atoms in total. The Kier molecular flexibility index (Phi) is 8.20. The van der Waals surface area contributed by atoms with Crippen molar-refractivity contribution in [1.29, 1.82) is 0 Å². The Bertz CT molecular complexity index is 1410. The average Bonchev–Trinajstić information content (AvgIpc) is 3.65. The fourth-order valence-electron chi connectivity index (χ4n) is 6.08. The zero-order valence-corrected chi connectivity index (χ0v) is 24.1. The summed E-state index contributed by atoms with van der Waals surface area (Å²) in [4.78, 5) is 51.4. The number of aliphatic imine (C=N–C) groups is 1. The highest BCUT2D eigenvalue weighted by atomic mass is 32.1. The highest BCUT2D eigenvalue weighted by molar-refractivity contribution is 7.11. The number of aromatic nitrogens is 1. The SMILES string of the molecule is COC(=O)C1=C(CN2CCN3C(=O)N(c4cc(F)cc(OC5CCC(C=O)CC5)c4)CC3C2)NC(c2nccs2)=NC1. The Morgan fingerprint density at radius 1 is 1.19 bits per heavy atom. The van der Waals surface area contributed by atoms with Crippen LogP contribution in [0.1, 0.15) is 30.7 Å². The zero-order valence-electron chi connectivity index (χ0n) is 23.3. The Morgan fingerprint density at radius 2 is 2.02 bits per heavy atom. The molecule has 1 aromatic heterocycles. The number of carbonyl (C=O) groups is 3. The minimum absolute atomic E-state index is 0.0672. The number of piperazine rings is 1. The van der Waals surface area contributed by atoms with Gasteiger partial charge in [-0.2, -0.15) is 0 Å². The number of esters is 1. The molecule has 1 aliphatic carbocycles. The number of fused-ring (bicyclic) bond motifs is 1. The number of halogens is 1. The van der Waals surface area contributed by atoms with Gasteiger partial charge >= 0.3 is 12.0 Å². The number of ether oxygens (including phenoxy) is 2. The summed E-state index contributed by atoms with van der Waals surface area (Å²) in [5, 5.41) is 5.91. The number of nitrogens with zero attached hydrogens (tertiary/aromatic N) is 5. The van der Waals surface area contributed by atoms with Gasteiger partial charge < -0.3 is 24.5 Å². The fourth-order valence-corrected chi connectivity index (χ4v) is 6.68. The highest BCUT2D eigenvalue weighted by Crippen LogP contribution is 2.33. The average molecular weight is 597 g/mol. The van der Waals surface area contributed by atoms with E-state index >= 15 is 0 Å². The van der Waals surface area contributed by atoms with Gasteiger partial charge in [0.1, 0.15) is 17.9 Å². The Morgan fingerprint density at radius 3 is 2.76 bits per heavy atom. The van der Waals surface area contributed by atoms with Gasteiger partial charge in [-0.1, -0.05) is 0 Å². The highest BCUT2D eigenvalue weighted by Gasteiger charge is 2.42. The van der Waals surface area contributed by atoms with Gasteiger partial charge in [-0.25, -0.2) is 19.0 Å². The van der Waals surface area contributed by atoms with Crippen molar-refractivity contribution in [1.82, 2.24) is 20.1 Å². The van der Waals surface area contributed by atoms with E-state index in [-0.39, 0.29) is 30.6 Å². The molecule has 6 rings (SSSR count). The molecule has 0 bridgehead atoms. The van der Waals surface area contributed by atoms with E-state index in [4.69, 9.17) is 9.47 Å². The summed E-state index contributed by atoms with van der Waals surface area (Å²) in [5.74, 6) is 0.182. The third-order valence-electron chi connectivity index (χ3n) is 8.30. The molecule has 0 spiro atoms. The van der Waals surface area contributed by atoms with Crippen molar-refractivity contribution >= 4 is 41.1 Å². The molecular weight excluding hydrogens is 563 g/mol. The molecule has 3 aliphatic heterocycles. The number of urea groups is 1. The lowest BCUT2D eigenvalue weighted by atomic mass is 9.88. The predicted molar refractivity (Wildman–Crippen MR) is 154 cm³/mol. The van der Waals surface area contributed by atoms with Crippen molar-refractivity contribution in [2.45, 2.75) is 37.8 Å². The van der Waals surface area contributed by atoms with Gasteiger partial charge in [0, 0.05) is 68.0 Å². The first-order valence-corrected chi connectivity index (χ1v) is 15.0. The topological polar surface area (TPSA) is 117 Å². The normalized spacial score (nSPS) is 24.7. The van der Waals surface area contributed by atoms with Crippen LogP contribution in [-0.4, -0.2) is 97.4 Å². The van der Waals surface area contributed by atoms with Gasteiger partial charge in [0.25, 0.3) is 0 Å². The molecule has 4 heterocycles. The smallest absolute Gasteiger partial charge is 0.337 e. The standard InChI is InChI=1S/C29H33FN6O5S/c1-40-28(38)24-13-32-26(27-31-6-9-42-27)33-25(24)16-34-7-8-35-21(14-34)15-36(29(35)39)20-10-19(30)11-23(12-20)41-22-4-2-18(17-37)3-5-22/h6,9-12,17-18,21-22H,2-5,7-8,13-16H2,1H3,(H,32,33). The minimum Gasteiger partial charge on any atom is -0.490 e. The first kappa shape index (κ1) is 28.3. The van der Waals surface area contributed by atoms with Gasteiger partial charge in [0.05, 0.1) is 37.1 Å². The third kappa shape index (κ3) is 5.88. The van der Waals surface area contributed by atoms with E-state index in [0.29, 0.717) is 61.3 Å². The van der Waals surface area contributed by atoms with E-state index in [1.165, 1.54) is 30.6 Å². The Labute approximate surface area is 247 Å². The number of hydrogen-bond donors (Lipinski definition) is 1. The molecule has 13 heteroatoms. The second-order valence-corrected chi connectivity index (χ2v) is 11.9. The van der Waals surface area contributed by atoms with Gasteiger partial charge in [0.2, 0.25) is 0 Å². The molecule has 1 saturated carbocycles. The molecule has 2 amide bonds. The summed E-state index contributed by atoms with van der Waals surface area (Å²) in [5.41, 5.74) is 1.65. The van der Waals surface area contributed by atoms with E-state index in [1.54, 1.807) is 17.2 Å². The predicted octanol–water partition coefficient (Wildman–Crippen LogP) is 2.82. The molecular formula is C29H33FN6O5S. The van der Waals surface area contributed by atoms with Crippen LogP contribution in [0.3, 0.4) is 0 Å². The summed E-state index contributed by atoms with van der Waals surface area (Å²) >= 11 is 1.46. The number of nitrogens with one attached hydrogen (secondary N) is 1. The first-order valence-electron chi connectivity index (χ1n) is 14.2. The molecule has 2 saturated heterocycles. The molecule has 1 N–H and O–H groups in total. The van der Waals surface area contributed by atoms with Crippen LogP contribution < -0.4 is 15.0 Å². The summed E-state index contributed by atoms with van der Waals surface area (Å²) in [6, 6.07) is 4.17. The number of benzene rings is 1. The van der Waals surface area contributed by atoms with Gasteiger partial charge in [0.15, 0.2) is 10.8 Å². The number of rotatable bonds is 8. The van der Waals surface area contributed by atoms with Crippen molar-refractivity contribution < 1.29 is 28.2 Å². The molecule has 4 aliphatic rings. The Hall–Kier alpha value is -3.84. The van der Waals surface area contributed by atoms with Crippen LogP contribution in [-0.2, 0) is 14.3 Å². The molecule has 0 radical (unpaired) electrons. The molecule has 1 atom stereocenters. The van der Waals surface area contributed by atoms with Gasteiger partial charge in [-0.05, 0) is 31.7 Å². The molecule has 2 aromatic rings. The maximum absolute atomic E-state index is 14.7. The van der Waals surface area contributed by atoms with E-state index in [1.807, 2.05) is 10.3 Å². The zero-order chi connectivity index (χ0) is 29.2. The fraction of sp³-hybridized carbons (Fsp3) is 0.483. The molecule has 1 aromatic carbocycles. The van der Waals surface area contributed by atoms with Crippen LogP contribution in [0.4, 0.5) is 14.9 Å². The number of hydrogen-bond acceptors (Lipinski definition) is 10. The Balaban J connectivity index is 1.13. The van der Waals surface area contributed by atoms with Crippen molar-refractivity contribution in [2.24, 2.45) is 10.9 Å². The first-order chi connectivity index (χ1) is 20.4. The van der Waals surface area contributed by atoms with Crippen molar-refractivity contribution in [3.8, 4) is 5.75 Å². The van der Waals surface area contributed by atoms with Crippen LogP contribution >= 0.6 is 11.3 Å². The summed E-state index contributed by atoms with van der Waals surface area (Å²) in [6.45, 7) is 2.77.